The monoisotopic (exact) mass is 271 g/mol. The maximum atomic E-state index is 11.9. The minimum atomic E-state index is -1.01. The largest absolute Gasteiger partial charge is 0.480 e. The number of piperidine rings is 1. The summed E-state index contributed by atoms with van der Waals surface area (Å²) in [5, 5.41) is 14.6. The van der Waals surface area contributed by atoms with E-state index in [4.69, 9.17) is 5.11 Å². The normalized spacial score (nSPS) is 19.8. The first kappa shape index (κ1) is 15.8. The Balaban J connectivity index is 2.47. The van der Waals surface area contributed by atoms with Crippen molar-refractivity contribution in [2.24, 2.45) is 5.41 Å². The number of likely N-dealkylation sites (tertiary alicyclic amines) is 1. The minimum absolute atomic E-state index is 0.130. The summed E-state index contributed by atoms with van der Waals surface area (Å²) in [6.45, 7) is 7.28. The van der Waals surface area contributed by atoms with E-state index in [1.165, 1.54) is 0 Å². The molecule has 1 aliphatic rings. The number of nitrogens with one attached hydrogen (secondary N) is 2. The first-order chi connectivity index (χ1) is 8.70. The molecule has 0 aromatic rings. The summed E-state index contributed by atoms with van der Waals surface area (Å²) in [6, 6.07) is -1.15. The molecule has 1 rings (SSSR count). The van der Waals surface area contributed by atoms with Crippen molar-refractivity contribution in [1.29, 1.82) is 0 Å². The summed E-state index contributed by atoms with van der Waals surface area (Å²) >= 11 is 0. The highest BCUT2D eigenvalue weighted by Crippen LogP contribution is 2.19. The van der Waals surface area contributed by atoms with Crippen LogP contribution in [-0.2, 0) is 4.79 Å². The van der Waals surface area contributed by atoms with Gasteiger partial charge in [0.2, 0.25) is 0 Å². The van der Waals surface area contributed by atoms with Crippen LogP contribution in [0, 0.1) is 5.41 Å². The molecule has 1 atom stereocenters. The predicted octanol–water partition coefficient (Wildman–Crippen LogP) is 0.879. The van der Waals surface area contributed by atoms with Crippen LogP contribution in [0.5, 0.6) is 0 Å². The molecular formula is C13H25N3O3. The second-order valence-corrected chi connectivity index (χ2v) is 6.33. The van der Waals surface area contributed by atoms with Crippen molar-refractivity contribution in [3.8, 4) is 0 Å². The molecule has 6 heteroatoms. The zero-order chi connectivity index (χ0) is 14.6. The predicted molar refractivity (Wildman–Crippen MR) is 73.1 cm³/mol. The van der Waals surface area contributed by atoms with E-state index in [0.717, 1.165) is 25.9 Å². The van der Waals surface area contributed by atoms with Gasteiger partial charge >= 0.3 is 12.0 Å². The zero-order valence-electron chi connectivity index (χ0n) is 12.2. The second-order valence-electron chi connectivity index (χ2n) is 6.33. The van der Waals surface area contributed by atoms with Crippen LogP contribution in [0.1, 0.15) is 33.6 Å². The molecule has 1 aliphatic heterocycles. The number of amides is 2. The molecule has 110 valence electrons. The van der Waals surface area contributed by atoms with Gasteiger partial charge in [-0.2, -0.15) is 0 Å². The Morgan fingerprint density at radius 2 is 1.79 bits per heavy atom. The lowest BCUT2D eigenvalue weighted by atomic mass is 9.87. The number of aliphatic carboxylic acids is 1. The average Bonchev–Trinajstić information content (AvgIpc) is 2.27. The topological polar surface area (TPSA) is 81.7 Å². The lowest BCUT2D eigenvalue weighted by molar-refractivity contribution is -0.141. The van der Waals surface area contributed by atoms with Gasteiger partial charge < -0.3 is 20.6 Å². The molecule has 0 bridgehead atoms. The van der Waals surface area contributed by atoms with Gasteiger partial charge in [0.05, 0.1) is 0 Å². The van der Waals surface area contributed by atoms with E-state index in [0.29, 0.717) is 0 Å². The molecule has 19 heavy (non-hydrogen) atoms. The summed E-state index contributed by atoms with van der Waals surface area (Å²) in [5.74, 6) is -1.01. The van der Waals surface area contributed by atoms with E-state index in [2.05, 4.69) is 22.6 Å². The number of carboxylic acids is 1. The number of hydrogen-bond acceptors (Lipinski definition) is 3. The van der Waals surface area contributed by atoms with Gasteiger partial charge in [-0.05, 0) is 38.4 Å². The molecule has 3 N–H and O–H groups in total. The first-order valence-corrected chi connectivity index (χ1v) is 6.68. The maximum absolute atomic E-state index is 11.9. The van der Waals surface area contributed by atoms with Gasteiger partial charge in [0, 0.05) is 6.04 Å². The Labute approximate surface area is 114 Å². The van der Waals surface area contributed by atoms with Crippen LogP contribution >= 0.6 is 0 Å². The minimum Gasteiger partial charge on any atom is -0.480 e. The SMILES string of the molecule is CN1CCC(NC(=O)N[C@@H](C(=O)O)C(C)(C)C)CC1. The van der Waals surface area contributed by atoms with Crippen LogP contribution < -0.4 is 10.6 Å². The van der Waals surface area contributed by atoms with Crippen molar-refractivity contribution in [2.45, 2.75) is 45.7 Å². The smallest absolute Gasteiger partial charge is 0.326 e. The molecule has 6 nitrogen and oxygen atoms in total. The van der Waals surface area contributed by atoms with E-state index in [-0.39, 0.29) is 6.04 Å². The molecule has 0 spiro atoms. The summed E-state index contributed by atoms with van der Waals surface area (Å²) in [4.78, 5) is 25.2. The lowest BCUT2D eigenvalue weighted by Gasteiger charge is -2.31. The summed E-state index contributed by atoms with van der Waals surface area (Å²) in [6.07, 6.45) is 1.80. The Morgan fingerprint density at radius 1 is 1.26 bits per heavy atom. The van der Waals surface area contributed by atoms with E-state index < -0.39 is 23.5 Å². The number of nitrogens with zero attached hydrogens (tertiary/aromatic N) is 1. The molecule has 0 aromatic heterocycles. The Hall–Kier alpha value is -1.30. The Bertz CT molecular complexity index is 331. The van der Waals surface area contributed by atoms with Gasteiger partial charge in [-0.25, -0.2) is 9.59 Å². The van der Waals surface area contributed by atoms with E-state index in [1.54, 1.807) is 20.8 Å². The number of rotatable bonds is 3. The summed E-state index contributed by atoms with van der Waals surface area (Å²) < 4.78 is 0. The highest BCUT2D eigenvalue weighted by atomic mass is 16.4. The average molecular weight is 271 g/mol. The molecule has 0 aliphatic carbocycles. The van der Waals surface area contributed by atoms with Gasteiger partial charge in [0.1, 0.15) is 6.04 Å². The molecule has 0 radical (unpaired) electrons. The standard InChI is InChI=1S/C13H25N3O3/c1-13(2,3)10(11(17)18)15-12(19)14-9-5-7-16(4)8-6-9/h9-10H,5-8H2,1-4H3,(H,17,18)(H2,14,15,19)/t10-/m0/s1. The Morgan fingerprint density at radius 3 is 2.21 bits per heavy atom. The molecule has 1 fully saturated rings. The van der Waals surface area contributed by atoms with Crippen molar-refractivity contribution < 1.29 is 14.7 Å². The third-order valence-electron chi connectivity index (χ3n) is 3.44. The number of carboxylic acid groups (broad SMARTS) is 1. The number of carbonyl (C=O) groups excluding carboxylic acids is 1. The van der Waals surface area contributed by atoms with Crippen molar-refractivity contribution in [2.75, 3.05) is 20.1 Å². The fourth-order valence-corrected chi connectivity index (χ4v) is 2.16. The molecular weight excluding hydrogens is 246 g/mol. The van der Waals surface area contributed by atoms with Crippen molar-refractivity contribution >= 4 is 12.0 Å². The third kappa shape index (κ3) is 5.06. The third-order valence-corrected chi connectivity index (χ3v) is 3.44. The first-order valence-electron chi connectivity index (χ1n) is 6.68. The summed E-state index contributed by atoms with van der Waals surface area (Å²) in [7, 11) is 2.05. The van der Waals surface area contributed by atoms with E-state index in [1.807, 2.05) is 0 Å². The number of carbonyl (C=O) groups is 2. The van der Waals surface area contributed by atoms with Gasteiger partial charge in [-0.3, -0.25) is 0 Å². The molecule has 2 amide bonds. The van der Waals surface area contributed by atoms with Gasteiger partial charge in [0.25, 0.3) is 0 Å². The van der Waals surface area contributed by atoms with Crippen LogP contribution in [0.3, 0.4) is 0 Å². The van der Waals surface area contributed by atoms with Crippen molar-refractivity contribution in [3.05, 3.63) is 0 Å². The van der Waals surface area contributed by atoms with E-state index in [9.17, 15) is 9.59 Å². The van der Waals surface area contributed by atoms with Crippen LogP contribution in [-0.4, -0.2) is 54.2 Å². The van der Waals surface area contributed by atoms with Crippen LogP contribution in [0.25, 0.3) is 0 Å². The van der Waals surface area contributed by atoms with Gasteiger partial charge in [-0.15, -0.1) is 0 Å². The van der Waals surface area contributed by atoms with Gasteiger partial charge in [0.15, 0.2) is 0 Å². The van der Waals surface area contributed by atoms with Crippen molar-refractivity contribution in [3.63, 3.8) is 0 Å². The van der Waals surface area contributed by atoms with Crippen LogP contribution in [0.15, 0.2) is 0 Å². The fourth-order valence-electron chi connectivity index (χ4n) is 2.16. The van der Waals surface area contributed by atoms with Gasteiger partial charge in [-0.1, -0.05) is 20.8 Å². The number of hydrogen-bond donors (Lipinski definition) is 3. The lowest BCUT2D eigenvalue weighted by Crippen LogP contribution is -2.55. The zero-order valence-corrected chi connectivity index (χ0v) is 12.2. The Kier molecular flexibility index (Phi) is 5.17. The summed E-state index contributed by atoms with van der Waals surface area (Å²) in [5.41, 5.74) is -0.518. The number of urea groups is 1. The highest BCUT2D eigenvalue weighted by Gasteiger charge is 2.33. The fraction of sp³-hybridized carbons (Fsp3) is 0.846. The second kappa shape index (κ2) is 6.23. The molecule has 0 unspecified atom stereocenters. The molecule has 0 aromatic carbocycles. The maximum Gasteiger partial charge on any atom is 0.326 e. The molecule has 0 saturated carbocycles. The molecule has 1 heterocycles. The quantitative estimate of drug-likeness (QED) is 0.711. The van der Waals surface area contributed by atoms with Crippen LogP contribution in [0.2, 0.25) is 0 Å². The van der Waals surface area contributed by atoms with Crippen molar-refractivity contribution in [1.82, 2.24) is 15.5 Å². The highest BCUT2D eigenvalue weighted by molar-refractivity contribution is 5.83. The molecule has 1 saturated heterocycles. The van der Waals surface area contributed by atoms with Crippen LogP contribution in [0.4, 0.5) is 4.79 Å². The van der Waals surface area contributed by atoms with E-state index >= 15 is 0 Å².